The Morgan fingerprint density at radius 1 is 1.25 bits per heavy atom. The van der Waals surface area contributed by atoms with E-state index in [1.807, 2.05) is 0 Å². The Balaban J connectivity index is 1.70. The van der Waals surface area contributed by atoms with Gasteiger partial charge in [-0.3, -0.25) is 19.3 Å². The fraction of sp³-hybridized carbons (Fsp3) is 0.105. The highest BCUT2D eigenvalue weighted by atomic mass is 35.5. The van der Waals surface area contributed by atoms with E-state index in [1.54, 1.807) is 24.3 Å². The molecule has 28 heavy (non-hydrogen) atoms. The van der Waals surface area contributed by atoms with E-state index in [-0.39, 0.29) is 10.7 Å². The number of imide groups is 1. The number of nitrogens with zero attached hydrogens (tertiary/aromatic N) is 1. The second kappa shape index (κ2) is 8.37. The van der Waals surface area contributed by atoms with Gasteiger partial charge in [0.1, 0.15) is 18.0 Å². The van der Waals surface area contributed by atoms with Crippen LogP contribution >= 0.6 is 23.4 Å². The predicted molar refractivity (Wildman–Crippen MR) is 107 cm³/mol. The number of carbonyl (C=O) groups is 3. The van der Waals surface area contributed by atoms with Gasteiger partial charge in [-0.2, -0.15) is 0 Å². The van der Waals surface area contributed by atoms with Crippen LogP contribution in [0.5, 0.6) is 11.5 Å². The number of methoxy groups -OCH3 is 1. The molecule has 0 aliphatic carbocycles. The van der Waals surface area contributed by atoms with Gasteiger partial charge in [-0.15, -0.1) is 0 Å². The molecule has 0 saturated carbocycles. The molecule has 1 aliphatic rings. The van der Waals surface area contributed by atoms with Gasteiger partial charge in [0, 0.05) is 16.3 Å². The van der Waals surface area contributed by atoms with Gasteiger partial charge in [-0.05, 0) is 60.3 Å². The summed E-state index contributed by atoms with van der Waals surface area (Å²) in [4.78, 5) is 37.8. The Bertz CT molecular complexity index is 975. The van der Waals surface area contributed by atoms with E-state index in [2.05, 4.69) is 5.32 Å². The lowest BCUT2D eigenvalue weighted by molar-refractivity contribution is -0.127. The lowest BCUT2D eigenvalue weighted by Gasteiger charge is -2.12. The first-order valence-corrected chi connectivity index (χ1v) is 9.24. The summed E-state index contributed by atoms with van der Waals surface area (Å²) in [6, 6.07) is 11.0. The van der Waals surface area contributed by atoms with Gasteiger partial charge in [0.2, 0.25) is 5.91 Å². The summed E-state index contributed by atoms with van der Waals surface area (Å²) in [6.45, 7) is -0.421. The lowest BCUT2D eigenvalue weighted by atomic mass is 10.2. The van der Waals surface area contributed by atoms with Crippen molar-refractivity contribution in [1.82, 2.24) is 4.90 Å². The Morgan fingerprint density at radius 3 is 2.64 bits per heavy atom. The van der Waals surface area contributed by atoms with Crippen molar-refractivity contribution in [2.75, 3.05) is 19.0 Å². The number of rotatable bonds is 5. The number of phenolic OH excluding ortho intramolecular Hbond substituents is 1. The second-order valence-electron chi connectivity index (χ2n) is 5.75. The third-order valence-corrected chi connectivity index (χ3v) is 4.97. The van der Waals surface area contributed by atoms with Crippen LogP contribution in [-0.2, 0) is 9.59 Å². The molecule has 1 saturated heterocycles. The van der Waals surface area contributed by atoms with Crippen LogP contribution in [0.25, 0.3) is 6.08 Å². The Morgan fingerprint density at radius 2 is 1.96 bits per heavy atom. The molecule has 0 atom stereocenters. The van der Waals surface area contributed by atoms with Crippen molar-refractivity contribution in [2.24, 2.45) is 0 Å². The van der Waals surface area contributed by atoms with E-state index in [1.165, 1.54) is 31.4 Å². The first-order chi connectivity index (χ1) is 13.4. The van der Waals surface area contributed by atoms with Crippen LogP contribution in [0.4, 0.5) is 10.5 Å². The average molecular weight is 419 g/mol. The highest BCUT2D eigenvalue weighted by molar-refractivity contribution is 8.18. The first-order valence-electron chi connectivity index (χ1n) is 8.05. The Hall–Kier alpha value is -2.97. The van der Waals surface area contributed by atoms with Crippen LogP contribution in [0.3, 0.4) is 0 Å². The number of carbonyl (C=O) groups excluding carboxylic acids is 3. The van der Waals surface area contributed by atoms with Gasteiger partial charge in [0.05, 0.1) is 12.0 Å². The maximum atomic E-state index is 12.5. The van der Waals surface area contributed by atoms with Crippen molar-refractivity contribution in [1.29, 1.82) is 0 Å². The smallest absolute Gasteiger partial charge is 0.294 e. The largest absolute Gasteiger partial charge is 0.507 e. The number of thioether (sulfide) groups is 1. The minimum Gasteiger partial charge on any atom is -0.507 e. The van der Waals surface area contributed by atoms with Crippen molar-refractivity contribution in [2.45, 2.75) is 0 Å². The van der Waals surface area contributed by atoms with E-state index >= 15 is 0 Å². The molecule has 3 amide bonds. The number of benzene rings is 2. The quantitative estimate of drug-likeness (QED) is 0.718. The number of amides is 3. The zero-order valence-corrected chi connectivity index (χ0v) is 16.2. The van der Waals surface area contributed by atoms with E-state index in [0.29, 0.717) is 33.8 Å². The van der Waals surface area contributed by atoms with E-state index in [0.717, 1.165) is 4.90 Å². The number of ether oxygens (including phenoxy) is 1. The van der Waals surface area contributed by atoms with Crippen molar-refractivity contribution in [3.8, 4) is 11.5 Å². The zero-order valence-electron chi connectivity index (χ0n) is 14.6. The summed E-state index contributed by atoms with van der Waals surface area (Å²) in [6.07, 6.45) is 1.37. The number of phenols is 1. The monoisotopic (exact) mass is 418 g/mol. The zero-order chi connectivity index (χ0) is 20.3. The number of halogens is 1. The molecule has 0 spiro atoms. The van der Waals surface area contributed by atoms with E-state index in [9.17, 15) is 19.5 Å². The summed E-state index contributed by atoms with van der Waals surface area (Å²) in [5.41, 5.74) is 0.817. The third kappa shape index (κ3) is 4.47. The molecule has 7 nitrogen and oxygen atoms in total. The number of hydrogen-bond acceptors (Lipinski definition) is 6. The van der Waals surface area contributed by atoms with Crippen molar-refractivity contribution >= 4 is 52.2 Å². The highest BCUT2D eigenvalue weighted by Gasteiger charge is 2.36. The summed E-state index contributed by atoms with van der Waals surface area (Å²) >= 11 is 6.58. The van der Waals surface area contributed by atoms with Crippen LogP contribution in [0.15, 0.2) is 47.4 Å². The van der Waals surface area contributed by atoms with Crippen LogP contribution in [0, 0.1) is 0 Å². The molecule has 0 unspecified atom stereocenters. The van der Waals surface area contributed by atoms with Gasteiger partial charge in [0.25, 0.3) is 11.1 Å². The van der Waals surface area contributed by atoms with Crippen molar-refractivity contribution < 1.29 is 24.2 Å². The van der Waals surface area contributed by atoms with Crippen LogP contribution < -0.4 is 10.1 Å². The normalized spacial score (nSPS) is 15.2. The molecule has 9 heteroatoms. The van der Waals surface area contributed by atoms with Crippen LogP contribution in [0.2, 0.25) is 5.02 Å². The second-order valence-corrected chi connectivity index (χ2v) is 7.18. The molecule has 2 aromatic rings. The molecule has 2 aromatic carbocycles. The Labute approximate surface area is 169 Å². The molecule has 1 aliphatic heterocycles. The minimum atomic E-state index is -0.612. The van der Waals surface area contributed by atoms with Gasteiger partial charge in [-0.1, -0.05) is 11.6 Å². The summed E-state index contributed by atoms with van der Waals surface area (Å²) in [5, 5.41) is 12.3. The molecule has 0 aromatic heterocycles. The number of aromatic hydroxyl groups is 1. The summed E-state index contributed by atoms with van der Waals surface area (Å²) < 4.78 is 5.04. The molecular weight excluding hydrogens is 404 g/mol. The molecule has 0 radical (unpaired) electrons. The fourth-order valence-electron chi connectivity index (χ4n) is 2.44. The topological polar surface area (TPSA) is 95.9 Å². The predicted octanol–water partition coefficient (Wildman–Crippen LogP) is 3.73. The molecule has 1 fully saturated rings. The molecule has 1 heterocycles. The molecule has 144 valence electrons. The summed E-state index contributed by atoms with van der Waals surface area (Å²) in [7, 11) is 1.53. The maximum Gasteiger partial charge on any atom is 0.294 e. The fourth-order valence-corrected chi connectivity index (χ4v) is 3.45. The molecule has 3 rings (SSSR count). The highest BCUT2D eigenvalue weighted by Crippen LogP contribution is 2.34. The number of anilines is 1. The minimum absolute atomic E-state index is 0.0755. The summed E-state index contributed by atoms with van der Waals surface area (Å²) in [5.74, 6) is -0.564. The molecular formula is C19H15ClN2O5S. The molecule has 0 bridgehead atoms. The van der Waals surface area contributed by atoms with Crippen LogP contribution in [0.1, 0.15) is 5.56 Å². The SMILES string of the molecule is COc1ccc(NC(=O)CN2C(=O)S/C(=C/c3cc(Cl)ccc3O)C2=O)cc1. The van der Waals surface area contributed by atoms with E-state index in [4.69, 9.17) is 16.3 Å². The Kier molecular flexibility index (Phi) is 5.91. The standard InChI is InChI=1S/C19H15ClN2O5S/c1-27-14-5-3-13(4-6-14)21-17(24)10-22-18(25)16(28-19(22)26)9-11-8-12(20)2-7-15(11)23/h2-9,23H,10H2,1H3,(H,21,24)/b16-9+. The van der Waals surface area contributed by atoms with Gasteiger partial charge < -0.3 is 15.2 Å². The van der Waals surface area contributed by atoms with Crippen LogP contribution in [-0.4, -0.2) is 40.7 Å². The number of nitrogens with one attached hydrogen (secondary N) is 1. The van der Waals surface area contributed by atoms with E-state index < -0.39 is 23.6 Å². The lowest BCUT2D eigenvalue weighted by Crippen LogP contribution is -2.36. The van der Waals surface area contributed by atoms with Crippen molar-refractivity contribution in [3.63, 3.8) is 0 Å². The molecule has 2 N–H and O–H groups in total. The first kappa shape index (κ1) is 19.8. The van der Waals surface area contributed by atoms with Gasteiger partial charge in [0.15, 0.2) is 0 Å². The third-order valence-electron chi connectivity index (χ3n) is 3.83. The average Bonchev–Trinajstić information content (AvgIpc) is 2.92. The van der Waals surface area contributed by atoms with Gasteiger partial charge in [-0.25, -0.2) is 0 Å². The van der Waals surface area contributed by atoms with Crippen molar-refractivity contribution in [3.05, 3.63) is 58.0 Å². The maximum absolute atomic E-state index is 12.5. The number of hydrogen-bond donors (Lipinski definition) is 2. The van der Waals surface area contributed by atoms with Gasteiger partial charge >= 0.3 is 0 Å².